The number of hydrogen-bond donors (Lipinski definition) is 1. The summed E-state index contributed by atoms with van der Waals surface area (Å²) in [6, 6.07) is 12.2. The van der Waals surface area contributed by atoms with E-state index in [2.05, 4.69) is 28.6 Å². The largest absolute Gasteiger partial charge is 0.369 e. The third kappa shape index (κ3) is 3.08. The molecule has 0 bridgehead atoms. The van der Waals surface area contributed by atoms with Crippen LogP contribution in [0, 0.1) is 0 Å². The van der Waals surface area contributed by atoms with Gasteiger partial charge in [0.05, 0.1) is 12.0 Å². The number of guanidine groups is 1. The molecular formula is C20H20N4OS. The fourth-order valence-corrected chi connectivity index (χ4v) is 4.14. The van der Waals surface area contributed by atoms with Crippen molar-refractivity contribution < 1.29 is 4.79 Å². The minimum Gasteiger partial charge on any atom is -0.369 e. The Morgan fingerprint density at radius 3 is 2.96 bits per heavy atom. The van der Waals surface area contributed by atoms with E-state index in [1.807, 2.05) is 31.3 Å². The molecule has 0 saturated heterocycles. The lowest BCUT2D eigenvalue weighted by molar-refractivity contribution is -0.129. The van der Waals surface area contributed by atoms with Crippen LogP contribution >= 0.6 is 11.3 Å². The first-order valence-corrected chi connectivity index (χ1v) is 9.45. The molecule has 1 atom stereocenters. The van der Waals surface area contributed by atoms with Gasteiger partial charge in [-0.1, -0.05) is 12.1 Å². The summed E-state index contributed by atoms with van der Waals surface area (Å²) < 4.78 is 1.23. The molecule has 26 heavy (non-hydrogen) atoms. The van der Waals surface area contributed by atoms with Crippen molar-refractivity contribution in [2.75, 3.05) is 6.54 Å². The Hall–Kier alpha value is -2.73. The summed E-state index contributed by atoms with van der Waals surface area (Å²) in [7, 11) is 0. The van der Waals surface area contributed by atoms with Crippen LogP contribution < -0.4 is 5.73 Å². The molecule has 5 nitrogen and oxygen atoms in total. The van der Waals surface area contributed by atoms with Crippen LogP contribution in [0.5, 0.6) is 0 Å². The second-order valence-corrected chi connectivity index (χ2v) is 7.70. The smallest absolute Gasteiger partial charge is 0.232 e. The van der Waals surface area contributed by atoms with Gasteiger partial charge in [-0.05, 0) is 59.5 Å². The number of fused-ring (bicyclic) bond motifs is 1. The Labute approximate surface area is 156 Å². The Kier molecular flexibility index (Phi) is 4.20. The average Bonchev–Trinajstić information content (AvgIpc) is 3.09. The number of rotatable bonds is 4. The highest BCUT2D eigenvalue weighted by molar-refractivity contribution is 7.17. The molecule has 1 aliphatic rings. The van der Waals surface area contributed by atoms with Gasteiger partial charge in [0.15, 0.2) is 5.96 Å². The first-order valence-electron chi connectivity index (χ1n) is 8.57. The first-order chi connectivity index (χ1) is 12.5. The fourth-order valence-electron chi connectivity index (χ4n) is 3.36. The predicted molar refractivity (Wildman–Crippen MR) is 105 cm³/mol. The van der Waals surface area contributed by atoms with Crippen LogP contribution in [-0.4, -0.2) is 28.3 Å². The van der Waals surface area contributed by atoms with E-state index in [1.165, 1.54) is 10.1 Å². The summed E-state index contributed by atoms with van der Waals surface area (Å²) in [5.74, 6) is 0.298. The quantitative estimate of drug-likeness (QED) is 0.772. The summed E-state index contributed by atoms with van der Waals surface area (Å²) in [5, 5.41) is 3.25. The van der Waals surface area contributed by atoms with Crippen LogP contribution in [0.1, 0.15) is 24.5 Å². The Bertz CT molecular complexity index is 982. The topological polar surface area (TPSA) is 71.6 Å². The van der Waals surface area contributed by atoms with Crippen molar-refractivity contribution >= 4 is 33.3 Å². The van der Waals surface area contributed by atoms with Crippen LogP contribution in [0.25, 0.3) is 10.1 Å². The normalized spacial score (nSPS) is 20.4. The monoisotopic (exact) mass is 364 g/mol. The number of aromatic nitrogens is 1. The average molecular weight is 364 g/mol. The van der Waals surface area contributed by atoms with E-state index in [9.17, 15) is 4.79 Å². The van der Waals surface area contributed by atoms with Crippen molar-refractivity contribution in [1.29, 1.82) is 0 Å². The second kappa shape index (κ2) is 6.53. The highest BCUT2D eigenvalue weighted by Gasteiger charge is 2.37. The van der Waals surface area contributed by atoms with Crippen molar-refractivity contribution in [3.8, 4) is 0 Å². The predicted octanol–water partition coefficient (Wildman–Crippen LogP) is 3.30. The second-order valence-electron chi connectivity index (χ2n) is 6.75. The van der Waals surface area contributed by atoms with Gasteiger partial charge < -0.3 is 5.73 Å². The lowest BCUT2D eigenvalue weighted by Crippen LogP contribution is -2.50. The number of hydrogen-bond acceptors (Lipinski definition) is 5. The highest BCUT2D eigenvalue weighted by Crippen LogP contribution is 2.35. The minimum absolute atomic E-state index is 0.00862. The fraction of sp³-hybridized carbons (Fsp3) is 0.250. The zero-order chi connectivity index (χ0) is 18.1. The van der Waals surface area contributed by atoms with Gasteiger partial charge in [0, 0.05) is 23.6 Å². The maximum Gasteiger partial charge on any atom is 0.232 e. The molecule has 0 saturated carbocycles. The summed E-state index contributed by atoms with van der Waals surface area (Å²) in [6.07, 6.45) is 4.56. The molecule has 2 N–H and O–H groups in total. The molecular weight excluding hydrogens is 344 g/mol. The molecule has 0 aliphatic carbocycles. The number of nitrogens with zero attached hydrogens (tertiary/aromatic N) is 3. The molecule has 0 spiro atoms. The summed E-state index contributed by atoms with van der Waals surface area (Å²) in [6.45, 7) is 2.49. The number of nitrogens with two attached hydrogens (primary N) is 1. The van der Waals surface area contributed by atoms with Gasteiger partial charge >= 0.3 is 0 Å². The van der Waals surface area contributed by atoms with Crippen molar-refractivity contribution in [1.82, 2.24) is 9.88 Å². The highest BCUT2D eigenvalue weighted by atomic mass is 32.1. The third-order valence-corrected chi connectivity index (χ3v) is 5.75. The molecule has 132 valence electrons. The van der Waals surface area contributed by atoms with E-state index in [1.54, 1.807) is 22.4 Å². The first kappa shape index (κ1) is 16.7. The van der Waals surface area contributed by atoms with Gasteiger partial charge in [0.2, 0.25) is 5.91 Å². The van der Waals surface area contributed by atoms with Crippen LogP contribution in [0.15, 0.2) is 59.2 Å². The van der Waals surface area contributed by atoms with Crippen LogP contribution in [-0.2, 0) is 16.8 Å². The van der Waals surface area contributed by atoms with Gasteiger partial charge in [0.1, 0.15) is 0 Å². The van der Waals surface area contributed by atoms with Crippen molar-refractivity contribution in [2.24, 2.45) is 10.7 Å². The van der Waals surface area contributed by atoms with E-state index in [0.29, 0.717) is 19.4 Å². The molecule has 3 heterocycles. The number of carbonyl (C=O) groups excluding carboxylic acids is 1. The molecule has 1 amide bonds. The number of amides is 1. The van der Waals surface area contributed by atoms with Crippen LogP contribution in [0.4, 0.5) is 0 Å². The van der Waals surface area contributed by atoms with E-state index in [-0.39, 0.29) is 11.9 Å². The molecule has 0 radical (unpaired) electrons. The van der Waals surface area contributed by atoms with E-state index < -0.39 is 5.54 Å². The minimum atomic E-state index is -0.623. The molecule has 4 rings (SSSR count). The summed E-state index contributed by atoms with van der Waals surface area (Å²) >= 11 is 1.71. The van der Waals surface area contributed by atoms with Gasteiger partial charge in [-0.2, -0.15) is 0 Å². The van der Waals surface area contributed by atoms with Crippen molar-refractivity contribution in [3.05, 3.63) is 65.3 Å². The number of carbonyl (C=O) groups is 1. The summed E-state index contributed by atoms with van der Waals surface area (Å²) in [4.78, 5) is 23.2. The SMILES string of the molecule is C[C@@]1(c2ccc3sccc3c2)CC(=O)N(CCc2cccnc2)C(N)=N1. The lowest BCUT2D eigenvalue weighted by Gasteiger charge is -2.35. The van der Waals surface area contributed by atoms with E-state index >= 15 is 0 Å². The molecule has 3 aromatic rings. The standard InChI is InChI=1S/C20H20N4OS/c1-20(16-4-5-17-15(11-16)7-10-26-17)12-18(25)24(19(21)23-20)9-6-14-3-2-8-22-13-14/h2-5,7-8,10-11,13H,6,9,12H2,1H3,(H2,21,23)/t20-/m0/s1. The van der Waals surface area contributed by atoms with E-state index in [0.717, 1.165) is 11.1 Å². The van der Waals surface area contributed by atoms with Crippen molar-refractivity contribution in [2.45, 2.75) is 25.3 Å². The number of thiophene rings is 1. The van der Waals surface area contributed by atoms with Crippen molar-refractivity contribution in [3.63, 3.8) is 0 Å². The number of pyridine rings is 1. The lowest BCUT2D eigenvalue weighted by atomic mass is 9.87. The molecule has 2 aromatic heterocycles. The molecule has 1 aliphatic heterocycles. The third-order valence-electron chi connectivity index (χ3n) is 4.86. The molecule has 1 aromatic carbocycles. The number of aliphatic imine (C=N–C) groups is 1. The molecule has 0 fully saturated rings. The maximum absolute atomic E-state index is 12.8. The van der Waals surface area contributed by atoms with Gasteiger partial charge in [-0.3, -0.25) is 14.7 Å². The van der Waals surface area contributed by atoms with Gasteiger partial charge in [-0.25, -0.2) is 4.99 Å². The van der Waals surface area contributed by atoms with E-state index in [4.69, 9.17) is 10.7 Å². The maximum atomic E-state index is 12.8. The summed E-state index contributed by atoms with van der Waals surface area (Å²) in [5.41, 5.74) is 7.65. The van der Waals surface area contributed by atoms with Gasteiger partial charge in [0.25, 0.3) is 0 Å². The van der Waals surface area contributed by atoms with Gasteiger partial charge in [-0.15, -0.1) is 11.3 Å². The molecule has 6 heteroatoms. The Morgan fingerprint density at radius 2 is 2.19 bits per heavy atom. The Balaban J connectivity index is 1.58. The zero-order valence-corrected chi connectivity index (χ0v) is 15.4. The molecule has 0 unspecified atom stereocenters. The zero-order valence-electron chi connectivity index (χ0n) is 14.6. The van der Waals surface area contributed by atoms with Crippen LogP contribution in [0.2, 0.25) is 0 Å². The van der Waals surface area contributed by atoms with Crippen LogP contribution in [0.3, 0.4) is 0 Å². The Morgan fingerprint density at radius 1 is 1.31 bits per heavy atom. The number of benzene rings is 1.